The maximum atomic E-state index is 13.8. The molecule has 0 spiro atoms. The third-order valence-electron chi connectivity index (χ3n) is 6.09. The van der Waals surface area contributed by atoms with Gasteiger partial charge in [-0.05, 0) is 68.1 Å². The lowest BCUT2D eigenvalue weighted by Crippen LogP contribution is -2.24. The normalized spacial score (nSPS) is 12.7. The largest absolute Gasteiger partial charge is 0.504 e. The highest BCUT2D eigenvalue weighted by molar-refractivity contribution is 7.99. The number of thiophene rings is 1. The summed E-state index contributed by atoms with van der Waals surface area (Å²) in [6, 6.07) is 12.3. The number of ether oxygens (including phenoxy) is 2. The highest BCUT2D eigenvalue weighted by atomic mass is 32.2. The molecule has 0 atom stereocenters. The number of carbonyl (C=O) groups excluding carboxylic acids is 1. The lowest BCUT2D eigenvalue weighted by atomic mass is 10.2. The second-order valence-electron chi connectivity index (χ2n) is 8.48. The van der Waals surface area contributed by atoms with E-state index in [2.05, 4.69) is 10.5 Å². The first-order valence-electron chi connectivity index (χ1n) is 12.1. The van der Waals surface area contributed by atoms with Gasteiger partial charge in [-0.2, -0.15) is 5.10 Å². The van der Waals surface area contributed by atoms with Crippen LogP contribution in [0.3, 0.4) is 0 Å². The predicted molar refractivity (Wildman–Crippen MR) is 150 cm³/mol. The van der Waals surface area contributed by atoms with Crippen LogP contribution in [0.1, 0.15) is 29.3 Å². The first-order valence-corrected chi connectivity index (χ1v) is 13.9. The maximum Gasteiger partial charge on any atom is 0.267 e. The van der Waals surface area contributed by atoms with Crippen LogP contribution in [-0.4, -0.2) is 46.2 Å². The smallest absolute Gasteiger partial charge is 0.267 e. The Morgan fingerprint density at radius 2 is 2.08 bits per heavy atom. The fraction of sp³-hybridized carbons (Fsp3) is 0.259. The first kappa shape index (κ1) is 25.8. The maximum absolute atomic E-state index is 13.8. The van der Waals surface area contributed by atoms with E-state index in [1.54, 1.807) is 34.1 Å². The summed E-state index contributed by atoms with van der Waals surface area (Å²) in [4.78, 5) is 33.1. The molecule has 0 unspecified atom stereocenters. The molecular weight excluding hydrogens is 524 g/mol. The Labute approximate surface area is 227 Å². The quantitative estimate of drug-likeness (QED) is 0.138. The number of nitrogens with one attached hydrogen (secondary N) is 1. The molecule has 0 saturated carbocycles. The van der Waals surface area contributed by atoms with Gasteiger partial charge in [-0.25, -0.2) is 10.4 Å². The number of para-hydroxylation sites is 1. The van der Waals surface area contributed by atoms with Crippen molar-refractivity contribution in [1.29, 1.82) is 0 Å². The molecule has 0 saturated heterocycles. The van der Waals surface area contributed by atoms with Crippen molar-refractivity contribution in [3.63, 3.8) is 0 Å². The second-order valence-corrected chi connectivity index (χ2v) is 10.5. The van der Waals surface area contributed by atoms with E-state index in [9.17, 15) is 14.7 Å². The molecule has 1 amide bonds. The van der Waals surface area contributed by atoms with Crippen molar-refractivity contribution in [2.75, 3.05) is 19.5 Å². The number of methoxy groups -OCH3 is 1. The Hall–Kier alpha value is -3.83. The molecule has 2 heterocycles. The van der Waals surface area contributed by atoms with Gasteiger partial charge in [-0.1, -0.05) is 17.8 Å². The molecule has 2 aromatic carbocycles. The van der Waals surface area contributed by atoms with E-state index >= 15 is 0 Å². The Balaban J connectivity index is 1.40. The number of amides is 1. The van der Waals surface area contributed by atoms with Crippen LogP contribution in [0.4, 0.5) is 0 Å². The fourth-order valence-electron chi connectivity index (χ4n) is 4.35. The lowest BCUT2D eigenvalue weighted by molar-refractivity contribution is -0.118. The Kier molecular flexibility index (Phi) is 7.66. The average Bonchev–Trinajstić information content (AvgIpc) is 3.50. The summed E-state index contributed by atoms with van der Waals surface area (Å²) in [7, 11) is 1.46. The molecule has 5 rings (SSSR count). The minimum absolute atomic E-state index is 0.0124. The van der Waals surface area contributed by atoms with E-state index in [0.717, 1.165) is 36.6 Å². The number of thioether (sulfide) groups is 1. The summed E-state index contributed by atoms with van der Waals surface area (Å²) in [5.74, 6) is 0.561. The number of nitrogens with zero attached hydrogens (tertiary/aromatic N) is 3. The molecule has 2 N–H and O–H groups in total. The number of rotatable bonds is 9. The third-order valence-corrected chi connectivity index (χ3v) is 8.21. The number of phenols is 1. The molecule has 0 fully saturated rings. The summed E-state index contributed by atoms with van der Waals surface area (Å²) >= 11 is 2.72. The molecule has 9 nitrogen and oxygen atoms in total. The molecule has 0 radical (unpaired) electrons. The SMILES string of the molecule is CCOc1ccc(-n2c(SCC(=O)NN=Cc3cccc(OC)c3O)nc3sc4c(c3c2=O)CCC4)cc1. The van der Waals surface area contributed by atoms with Gasteiger partial charge in [0.2, 0.25) is 0 Å². The number of carbonyl (C=O) groups is 1. The van der Waals surface area contributed by atoms with Gasteiger partial charge in [-0.3, -0.25) is 14.2 Å². The topological polar surface area (TPSA) is 115 Å². The number of hydrogen-bond acceptors (Lipinski definition) is 9. The van der Waals surface area contributed by atoms with Crippen molar-refractivity contribution in [1.82, 2.24) is 15.0 Å². The number of aromatic nitrogens is 2. The van der Waals surface area contributed by atoms with Crippen LogP contribution >= 0.6 is 23.1 Å². The molecule has 1 aliphatic carbocycles. The number of aryl methyl sites for hydroxylation is 2. The predicted octanol–water partition coefficient (Wildman–Crippen LogP) is 4.29. The van der Waals surface area contributed by atoms with Gasteiger partial charge in [0.05, 0.1) is 36.8 Å². The number of aromatic hydroxyl groups is 1. The van der Waals surface area contributed by atoms with Crippen molar-refractivity contribution in [2.24, 2.45) is 5.10 Å². The summed E-state index contributed by atoms with van der Waals surface area (Å²) < 4.78 is 12.2. The highest BCUT2D eigenvalue weighted by Gasteiger charge is 2.24. The zero-order chi connectivity index (χ0) is 26.6. The number of benzene rings is 2. The van der Waals surface area contributed by atoms with Crippen molar-refractivity contribution >= 4 is 45.4 Å². The molecule has 4 aromatic rings. The number of hydrazone groups is 1. The molecule has 38 heavy (non-hydrogen) atoms. The van der Waals surface area contributed by atoms with Crippen LogP contribution in [0.15, 0.2) is 57.5 Å². The van der Waals surface area contributed by atoms with E-state index in [1.165, 1.54) is 18.2 Å². The standard InChI is InChI=1S/C27H26N4O5S2/c1-3-36-18-12-10-17(11-13-18)31-26(34)23-19-7-5-9-21(19)38-25(23)29-27(31)37-15-22(32)30-28-14-16-6-4-8-20(35-2)24(16)33/h4,6,8,10-14,33H,3,5,7,9,15H2,1-2H3,(H,30,32). The average molecular weight is 551 g/mol. The van der Waals surface area contributed by atoms with E-state index in [1.807, 2.05) is 31.2 Å². The molecular formula is C27H26N4O5S2. The van der Waals surface area contributed by atoms with Gasteiger partial charge >= 0.3 is 0 Å². The Bertz CT molecular complexity index is 1580. The van der Waals surface area contributed by atoms with E-state index in [4.69, 9.17) is 14.5 Å². The van der Waals surface area contributed by atoms with Crippen LogP contribution in [0, 0.1) is 0 Å². The van der Waals surface area contributed by atoms with Crippen molar-refractivity contribution in [3.05, 3.63) is 68.8 Å². The summed E-state index contributed by atoms with van der Waals surface area (Å²) in [6.07, 6.45) is 4.23. The third kappa shape index (κ3) is 5.11. The molecule has 196 valence electrons. The van der Waals surface area contributed by atoms with Crippen molar-refractivity contribution in [3.8, 4) is 22.9 Å². The number of hydrogen-bond donors (Lipinski definition) is 2. The van der Waals surface area contributed by atoms with E-state index in [0.29, 0.717) is 44.7 Å². The van der Waals surface area contributed by atoms with E-state index < -0.39 is 0 Å². The van der Waals surface area contributed by atoms with Crippen molar-refractivity contribution < 1.29 is 19.4 Å². The minimum Gasteiger partial charge on any atom is -0.504 e. The van der Waals surface area contributed by atoms with Crippen molar-refractivity contribution in [2.45, 2.75) is 31.3 Å². The fourth-order valence-corrected chi connectivity index (χ4v) is 6.46. The molecule has 2 aromatic heterocycles. The zero-order valence-electron chi connectivity index (χ0n) is 20.9. The van der Waals surface area contributed by atoms with Crippen LogP contribution in [0.2, 0.25) is 0 Å². The molecule has 0 aliphatic heterocycles. The Morgan fingerprint density at radius 3 is 2.84 bits per heavy atom. The van der Waals surface area contributed by atoms with Gasteiger partial charge in [0.1, 0.15) is 10.6 Å². The van der Waals surface area contributed by atoms with Crippen LogP contribution in [-0.2, 0) is 17.6 Å². The second kappa shape index (κ2) is 11.3. The minimum atomic E-state index is -0.380. The first-order chi connectivity index (χ1) is 18.5. The van der Waals surface area contributed by atoms with Gasteiger partial charge in [-0.15, -0.1) is 11.3 Å². The van der Waals surface area contributed by atoms with Crippen LogP contribution in [0.25, 0.3) is 15.9 Å². The van der Waals surface area contributed by atoms with Gasteiger partial charge in [0, 0.05) is 10.4 Å². The van der Waals surface area contributed by atoms with Gasteiger partial charge in [0.15, 0.2) is 16.7 Å². The zero-order valence-corrected chi connectivity index (χ0v) is 22.5. The van der Waals surface area contributed by atoms with Gasteiger partial charge in [0.25, 0.3) is 11.5 Å². The van der Waals surface area contributed by atoms with Crippen LogP contribution in [0.5, 0.6) is 17.2 Å². The summed E-state index contributed by atoms with van der Waals surface area (Å²) in [5, 5.41) is 15.2. The molecule has 0 bridgehead atoms. The molecule has 11 heteroatoms. The number of fused-ring (bicyclic) bond motifs is 3. The summed E-state index contributed by atoms with van der Waals surface area (Å²) in [6.45, 7) is 2.46. The van der Waals surface area contributed by atoms with Gasteiger partial charge < -0.3 is 14.6 Å². The molecule has 1 aliphatic rings. The Morgan fingerprint density at radius 1 is 1.26 bits per heavy atom. The monoisotopic (exact) mass is 550 g/mol. The lowest BCUT2D eigenvalue weighted by Gasteiger charge is -2.13. The number of phenolic OH excluding ortho intramolecular Hbond substituents is 1. The highest BCUT2D eigenvalue weighted by Crippen LogP contribution is 2.36. The summed E-state index contributed by atoms with van der Waals surface area (Å²) in [5.41, 5.74) is 4.49. The van der Waals surface area contributed by atoms with Crippen LogP contribution < -0.4 is 20.5 Å². The van der Waals surface area contributed by atoms with E-state index in [-0.39, 0.29) is 23.0 Å².